The van der Waals surface area contributed by atoms with E-state index >= 15 is 0 Å². The van der Waals surface area contributed by atoms with Gasteiger partial charge in [0.1, 0.15) is 5.75 Å². The first-order chi connectivity index (χ1) is 12.0. The number of halogens is 1. The number of methoxy groups -OCH3 is 2. The maximum Gasteiger partial charge on any atom is 0.337 e. The molecule has 0 aliphatic heterocycles. The maximum atomic E-state index is 11.4. The zero-order chi connectivity index (χ0) is 18.2. The van der Waals surface area contributed by atoms with Gasteiger partial charge >= 0.3 is 5.97 Å². The Balaban J connectivity index is 1.85. The number of hydrogen-bond donors (Lipinski definition) is 2. The molecule has 7 heteroatoms. The molecule has 0 amide bonds. The van der Waals surface area contributed by atoms with Gasteiger partial charge in [0.05, 0.1) is 19.8 Å². The van der Waals surface area contributed by atoms with Crippen molar-refractivity contribution < 1.29 is 14.3 Å². The molecule has 132 valence electrons. The second-order valence-corrected chi connectivity index (χ2v) is 6.48. The molecule has 0 aromatic heterocycles. The first-order valence-electron chi connectivity index (χ1n) is 7.59. The summed E-state index contributed by atoms with van der Waals surface area (Å²) in [5, 5.41) is 6.75. The number of thiocarbonyl (C=S) groups is 1. The Morgan fingerprint density at radius 1 is 1.16 bits per heavy atom. The van der Waals surface area contributed by atoms with Crippen molar-refractivity contribution in [2.75, 3.05) is 26.1 Å². The highest BCUT2D eigenvalue weighted by Gasteiger charge is 2.06. The molecule has 2 N–H and O–H groups in total. The summed E-state index contributed by atoms with van der Waals surface area (Å²) >= 11 is 8.76. The summed E-state index contributed by atoms with van der Waals surface area (Å²) < 4.78 is 11.0. The van der Waals surface area contributed by atoms with Gasteiger partial charge in [0, 0.05) is 16.7 Å². The fraction of sp³-hybridized carbons (Fsp3) is 0.222. The van der Waals surface area contributed by atoms with Gasteiger partial charge in [0.25, 0.3) is 0 Å². The van der Waals surface area contributed by atoms with Crippen molar-refractivity contribution in [1.29, 1.82) is 0 Å². The number of ether oxygens (including phenoxy) is 2. The van der Waals surface area contributed by atoms with E-state index in [0.29, 0.717) is 17.2 Å². The third-order valence-corrected chi connectivity index (χ3v) is 4.23. The fourth-order valence-electron chi connectivity index (χ4n) is 2.24. The molecule has 25 heavy (non-hydrogen) atoms. The lowest BCUT2D eigenvalue weighted by atomic mass is 10.1. The lowest BCUT2D eigenvalue weighted by Gasteiger charge is -2.12. The fourth-order valence-corrected chi connectivity index (χ4v) is 2.86. The van der Waals surface area contributed by atoms with Crippen LogP contribution >= 0.6 is 28.1 Å². The smallest absolute Gasteiger partial charge is 0.337 e. The topological polar surface area (TPSA) is 59.6 Å². The normalized spacial score (nSPS) is 10.0. The Morgan fingerprint density at radius 3 is 2.52 bits per heavy atom. The van der Waals surface area contributed by atoms with Crippen LogP contribution < -0.4 is 15.4 Å². The molecular formula is C18H19BrN2O3S. The predicted octanol–water partition coefficient (Wildman–Crippen LogP) is 3.77. The van der Waals surface area contributed by atoms with Gasteiger partial charge in [0.2, 0.25) is 0 Å². The number of rotatable bonds is 6. The molecule has 2 rings (SSSR count). The van der Waals surface area contributed by atoms with E-state index in [2.05, 4.69) is 31.3 Å². The summed E-state index contributed by atoms with van der Waals surface area (Å²) in [6.45, 7) is 0.666. The largest absolute Gasteiger partial charge is 0.496 e. The van der Waals surface area contributed by atoms with Gasteiger partial charge in [-0.1, -0.05) is 15.9 Å². The molecule has 0 radical (unpaired) electrons. The quantitative estimate of drug-likeness (QED) is 0.545. The monoisotopic (exact) mass is 422 g/mol. The van der Waals surface area contributed by atoms with Gasteiger partial charge in [-0.2, -0.15) is 0 Å². The van der Waals surface area contributed by atoms with Gasteiger partial charge in [-0.15, -0.1) is 0 Å². The van der Waals surface area contributed by atoms with Crippen LogP contribution in [0.25, 0.3) is 0 Å². The van der Waals surface area contributed by atoms with Crippen LogP contribution in [0.4, 0.5) is 5.69 Å². The summed E-state index contributed by atoms with van der Waals surface area (Å²) in [7, 11) is 3.01. The molecule has 2 aromatic carbocycles. The number of nitrogens with one attached hydrogen (secondary N) is 2. The summed E-state index contributed by atoms with van der Waals surface area (Å²) in [5.74, 6) is 0.484. The van der Waals surface area contributed by atoms with E-state index in [1.165, 1.54) is 7.11 Å². The number of hydrogen-bond acceptors (Lipinski definition) is 4. The van der Waals surface area contributed by atoms with Gasteiger partial charge in [0.15, 0.2) is 5.11 Å². The SMILES string of the molecule is COC(=O)c1ccc(NC(=S)NCCc2cc(Br)ccc2OC)cc1. The molecule has 0 spiro atoms. The highest BCUT2D eigenvalue weighted by Crippen LogP contribution is 2.23. The molecule has 0 aliphatic rings. The van der Waals surface area contributed by atoms with Crippen LogP contribution in [0.5, 0.6) is 5.75 Å². The average molecular weight is 423 g/mol. The van der Waals surface area contributed by atoms with E-state index in [-0.39, 0.29) is 5.97 Å². The minimum Gasteiger partial charge on any atom is -0.496 e. The van der Waals surface area contributed by atoms with Gasteiger partial charge < -0.3 is 20.1 Å². The van der Waals surface area contributed by atoms with Crippen molar-refractivity contribution >= 4 is 44.9 Å². The van der Waals surface area contributed by atoms with Crippen molar-refractivity contribution in [2.45, 2.75) is 6.42 Å². The first-order valence-corrected chi connectivity index (χ1v) is 8.79. The highest BCUT2D eigenvalue weighted by molar-refractivity contribution is 9.10. The van der Waals surface area contributed by atoms with Crippen LogP contribution in [0.15, 0.2) is 46.9 Å². The molecule has 0 atom stereocenters. The Morgan fingerprint density at radius 2 is 1.88 bits per heavy atom. The second-order valence-electron chi connectivity index (χ2n) is 5.16. The molecule has 0 saturated carbocycles. The molecule has 0 saturated heterocycles. The van der Waals surface area contributed by atoms with Gasteiger partial charge in [-0.3, -0.25) is 0 Å². The number of carbonyl (C=O) groups excluding carboxylic acids is 1. The Bertz CT molecular complexity index is 750. The molecule has 0 aliphatic carbocycles. The number of benzene rings is 2. The average Bonchev–Trinajstić information content (AvgIpc) is 2.62. The van der Waals surface area contributed by atoms with Crippen LogP contribution in [0.3, 0.4) is 0 Å². The maximum absolute atomic E-state index is 11.4. The van der Waals surface area contributed by atoms with Crippen molar-refractivity contribution in [2.24, 2.45) is 0 Å². The Hall–Kier alpha value is -2.12. The zero-order valence-electron chi connectivity index (χ0n) is 14.0. The van der Waals surface area contributed by atoms with E-state index in [1.807, 2.05) is 18.2 Å². The Kier molecular flexibility index (Phi) is 7.21. The number of anilines is 1. The van der Waals surface area contributed by atoms with E-state index in [1.54, 1.807) is 31.4 Å². The Labute approximate surface area is 160 Å². The number of esters is 1. The molecule has 0 fully saturated rings. The van der Waals surface area contributed by atoms with E-state index in [9.17, 15) is 4.79 Å². The summed E-state index contributed by atoms with van der Waals surface area (Å²) in [6, 6.07) is 12.8. The van der Waals surface area contributed by atoms with Crippen LogP contribution in [0, 0.1) is 0 Å². The molecule has 5 nitrogen and oxygen atoms in total. The third-order valence-electron chi connectivity index (χ3n) is 3.49. The van der Waals surface area contributed by atoms with Crippen molar-refractivity contribution in [3.05, 3.63) is 58.1 Å². The second kappa shape index (κ2) is 9.39. The minimum absolute atomic E-state index is 0.366. The van der Waals surface area contributed by atoms with E-state index in [4.69, 9.17) is 17.0 Å². The van der Waals surface area contributed by atoms with Gasteiger partial charge in [-0.05, 0) is 66.7 Å². The van der Waals surface area contributed by atoms with Crippen molar-refractivity contribution in [3.63, 3.8) is 0 Å². The van der Waals surface area contributed by atoms with Crippen LogP contribution in [-0.2, 0) is 11.2 Å². The van der Waals surface area contributed by atoms with Crippen LogP contribution in [-0.4, -0.2) is 31.8 Å². The van der Waals surface area contributed by atoms with Crippen LogP contribution in [0.2, 0.25) is 0 Å². The van der Waals surface area contributed by atoms with Crippen molar-refractivity contribution in [3.8, 4) is 5.75 Å². The first kappa shape index (κ1) is 19.2. The minimum atomic E-state index is -0.366. The summed E-state index contributed by atoms with van der Waals surface area (Å²) in [6.07, 6.45) is 0.770. The zero-order valence-corrected chi connectivity index (χ0v) is 16.4. The van der Waals surface area contributed by atoms with Crippen LogP contribution in [0.1, 0.15) is 15.9 Å². The molecule has 0 bridgehead atoms. The van der Waals surface area contributed by atoms with E-state index in [0.717, 1.165) is 27.9 Å². The summed E-state index contributed by atoms with van der Waals surface area (Å²) in [5.41, 5.74) is 2.38. The van der Waals surface area contributed by atoms with Crippen molar-refractivity contribution in [1.82, 2.24) is 5.32 Å². The third kappa shape index (κ3) is 5.72. The lowest BCUT2D eigenvalue weighted by molar-refractivity contribution is 0.0601. The number of carbonyl (C=O) groups is 1. The lowest BCUT2D eigenvalue weighted by Crippen LogP contribution is -2.30. The molecule has 0 heterocycles. The molecule has 2 aromatic rings. The van der Waals surface area contributed by atoms with E-state index < -0.39 is 0 Å². The standard InChI is InChI=1S/C18H19BrN2O3S/c1-23-16-8-5-14(19)11-13(16)9-10-20-18(25)21-15-6-3-12(4-7-15)17(22)24-2/h3-8,11H,9-10H2,1-2H3,(H2,20,21,25). The van der Waals surface area contributed by atoms with Gasteiger partial charge in [-0.25, -0.2) is 4.79 Å². The molecular weight excluding hydrogens is 404 g/mol. The predicted molar refractivity (Wildman–Crippen MR) is 106 cm³/mol. The highest BCUT2D eigenvalue weighted by atomic mass is 79.9. The molecule has 0 unspecified atom stereocenters. The summed E-state index contributed by atoms with van der Waals surface area (Å²) in [4.78, 5) is 11.4.